The molecule has 0 amide bonds. The van der Waals surface area contributed by atoms with Crippen molar-refractivity contribution in [3.8, 4) is 0 Å². The summed E-state index contributed by atoms with van der Waals surface area (Å²) in [7, 11) is 31.2. The molecule has 30 heavy (non-hydrogen) atoms. The van der Waals surface area contributed by atoms with Crippen LogP contribution in [-0.4, -0.2) is 26.4 Å². The number of aliphatic imine (C=N–C) groups is 1. The van der Waals surface area contributed by atoms with Crippen LogP contribution in [0.5, 0.6) is 0 Å². The van der Waals surface area contributed by atoms with Crippen molar-refractivity contribution in [3.05, 3.63) is 54.4 Å². The molecule has 0 bridgehead atoms. The largest absolute Gasteiger partial charge is 0.446 e. The first-order valence-electron chi connectivity index (χ1n) is 7.83. The van der Waals surface area contributed by atoms with E-state index in [4.69, 9.17) is 53.4 Å². The fourth-order valence-corrected chi connectivity index (χ4v) is 7.14. The van der Waals surface area contributed by atoms with Crippen LogP contribution in [-0.2, 0) is 0 Å². The first-order chi connectivity index (χ1) is 13.4. The number of halogens is 8. The van der Waals surface area contributed by atoms with Crippen molar-refractivity contribution in [3.63, 3.8) is 0 Å². The van der Waals surface area contributed by atoms with E-state index in [1.807, 2.05) is 6.92 Å². The minimum atomic E-state index is -5.57. The van der Waals surface area contributed by atoms with Gasteiger partial charge in [-0.2, -0.15) is 13.2 Å². The van der Waals surface area contributed by atoms with Crippen LogP contribution in [0.4, 0.5) is 13.2 Å². The first-order valence-corrected chi connectivity index (χ1v) is 16.2. The lowest BCUT2D eigenvalue weighted by atomic mass is 10.3. The maximum absolute atomic E-state index is 12.6. The molecule has 0 aromatic carbocycles. The van der Waals surface area contributed by atoms with Gasteiger partial charge in [-0.15, -0.1) is 11.8 Å². The van der Waals surface area contributed by atoms with Crippen molar-refractivity contribution in [1.29, 1.82) is 0 Å². The van der Waals surface area contributed by atoms with Crippen LogP contribution in [0.2, 0.25) is 0 Å². The van der Waals surface area contributed by atoms with E-state index in [9.17, 15) is 13.2 Å². The number of hydrogen-bond donors (Lipinski definition) is 0. The number of allylic oxidation sites excluding steroid dienone is 1. The van der Waals surface area contributed by atoms with E-state index in [2.05, 4.69) is 23.1 Å². The summed E-state index contributed by atoms with van der Waals surface area (Å²) in [5, 5.41) is 0. The number of alkyl halides is 3. The van der Waals surface area contributed by atoms with Crippen molar-refractivity contribution in [2.75, 3.05) is 5.75 Å². The van der Waals surface area contributed by atoms with Crippen molar-refractivity contribution in [2.24, 2.45) is 4.99 Å². The summed E-state index contributed by atoms with van der Waals surface area (Å²) in [6.07, 6.45) is 3.39. The molecular formula is C16H17Cl5F3N3S3. The van der Waals surface area contributed by atoms with Gasteiger partial charge >= 0.3 is 5.51 Å². The quantitative estimate of drug-likeness (QED) is 0.132. The monoisotopic (exact) mass is 579 g/mol. The van der Waals surface area contributed by atoms with E-state index >= 15 is 0 Å². The molecule has 0 fully saturated rings. The predicted molar refractivity (Wildman–Crippen MR) is 133 cm³/mol. The van der Waals surface area contributed by atoms with Gasteiger partial charge in [0.15, 0.2) is 0 Å². The Kier molecular flexibility index (Phi) is 8.96. The van der Waals surface area contributed by atoms with Gasteiger partial charge in [0.2, 0.25) is 0 Å². The summed E-state index contributed by atoms with van der Waals surface area (Å²) in [4.78, 5) is 8.64. The van der Waals surface area contributed by atoms with Crippen LogP contribution in [0, 0.1) is 0 Å². The molecule has 1 aromatic heterocycles. The number of amidine groups is 1. The molecule has 0 aliphatic heterocycles. The van der Waals surface area contributed by atoms with Gasteiger partial charge in [0, 0.05) is 22.2 Å². The molecule has 0 saturated heterocycles. The molecule has 0 aliphatic carbocycles. The van der Waals surface area contributed by atoms with Gasteiger partial charge in [0.05, 0.1) is 10.2 Å². The molecule has 0 unspecified atom stereocenters. The minimum Gasteiger partial charge on any atom is -0.253 e. The van der Waals surface area contributed by atoms with Gasteiger partial charge in [-0.25, -0.2) is 9.30 Å². The SMILES string of the molecule is C=C/C(=C\N=C(C)N(C(=C)c1ncccc1SCC)S(Cl)(Cl)(Cl)(Cl)Cl)SC(F)(F)F. The van der Waals surface area contributed by atoms with Crippen molar-refractivity contribution >= 4 is 93.0 Å². The molecule has 0 atom stereocenters. The third kappa shape index (κ3) is 8.94. The molecular weight excluding hydrogens is 565 g/mol. The van der Waals surface area contributed by atoms with E-state index in [-0.39, 0.29) is 16.4 Å². The van der Waals surface area contributed by atoms with E-state index in [0.717, 1.165) is 16.6 Å². The molecule has 1 aromatic rings. The predicted octanol–water partition coefficient (Wildman–Crippen LogP) is 9.73. The second-order valence-electron chi connectivity index (χ2n) is 5.41. The molecule has 0 N–H and O–H groups in total. The topological polar surface area (TPSA) is 28.5 Å². The smallest absolute Gasteiger partial charge is 0.253 e. The second kappa shape index (κ2) is 9.55. The zero-order valence-electron chi connectivity index (χ0n) is 15.6. The molecule has 3 nitrogen and oxygen atoms in total. The Morgan fingerprint density at radius 2 is 1.90 bits per heavy atom. The highest BCUT2D eigenvalue weighted by Crippen LogP contribution is 3.11. The first kappa shape index (κ1) is 28.2. The van der Waals surface area contributed by atoms with E-state index < -0.39 is 21.8 Å². The molecule has 1 rings (SSSR count). The van der Waals surface area contributed by atoms with Crippen LogP contribution in [0.25, 0.3) is 5.70 Å². The standard InChI is InChI=1S/C16H17Cl5F3N3S3/c1-5-13(29-16(22,23)24)10-26-12(4)27(30(17,18,19,20)21)11(3)15-14(28-6-2)8-7-9-25-15/h5,7-10H,1,3,6H2,2,4H3/b13-10+,26-12?. The molecule has 0 saturated carbocycles. The van der Waals surface area contributed by atoms with Crippen LogP contribution in [0.15, 0.2) is 58.6 Å². The van der Waals surface area contributed by atoms with Gasteiger partial charge in [-0.1, -0.05) is 26.2 Å². The summed E-state index contributed by atoms with van der Waals surface area (Å²) < 4.78 is 33.2. The van der Waals surface area contributed by atoms with E-state index in [1.54, 1.807) is 12.1 Å². The van der Waals surface area contributed by atoms with E-state index in [1.165, 1.54) is 24.9 Å². The molecule has 170 valence electrons. The zero-order chi connectivity index (χ0) is 23.4. The van der Waals surface area contributed by atoms with Crippen molar-refractivity contribution in [2.45, 2.75) is 24.3 Å². The molecule has 14 heteroatoms. The lowest BCUT2D eigenvalue weighted by molar-refractivity contribution is -0.0321. The zero-order valence-corrected chi connectivity index (χ0v) is 21.8. The number of aromatic nitrogens is 1. The number of rotatable bonds is 8. The average Bonchev–Trinajstić information content (AvgIpc) is 2.55. The molecule has 0 aliphatic rings. The average molecular weight is 582 g/mol. The Morgan fingerprint density at radius 3 is 2.37 bits per heavy atom. The second-order valence-corrected chi connectivity index (χ2v) is 26.1. The Morgan fingerprint density at radius 1 is 1.30 bits per heavy atom. The minimum absolute atomic E-state index is 0.0106. The lowest BCUT2D eigenvalue weighted by Crippen LogP contribution is -2.33. The van der Waals surface area contributed by atoms with E-state index in [0.29, 0.717) is 16.3 Å². The summed E-state index contributed by atoms with van der Waals surface area (Å²) >= 11 is 1.05. The Labute approximate surface area is 203 Å². The Balaban J connectivity index is 3.57. The van der Waals surface area contributed by atoms with Gasteiger partial charge in [-0.3, -0.25) is 4.98 Å². The van der Waals surface area contributed by atoms with Gasteiger partial charge < -0.3 is 0 Å². The normalized spacial score (nSPS) is 15.9. The highest BCUT2D eigenvalue weighted by molar-refractivity contribution is 9.22. The maximum Gasteiger partial charge on any atom is 0.446 e. The molecule has 0 radical (unpaired) electrons. The van der Waals surface area contributed by atoms with Crippen LogP contribution >= 0.6 is 81.5 Å². The summed E-state index contributed by atoms with van der Waals surface area (Å²) in [5.74, 6) is 0.597. The van der Waals surface area contributed by atoms with Gasteiger partial charge in [0.25, 0.3) is 0 Å². The fourth-order valence-electron chi connectivity index (χ4n) is 2.09. The van der Waals surface area contributed by atoms with Crippen LogP contribution < -0.4 is 0 Å². The van der Waals surface area contributed by atoms with Gasteiger partial charge in [-0.05, 0) is 90.0 Å². The molecule has 1 heterocycles. The van der Waals surface area contributed by atoms with Crippen LogP contribution in [0.1, 0.15) is 19.5 Å². The van der Waals surface area contributed by atoms with Crippen molar-refractivity contribution in [1.82, 2.24) is 9.29 Å². The lowest BCUT2D eigenvalue weighted by Gasteiger charge is -2.59. The van der Waals surface area contributed by atoms with Crippen LogP contribution in [0.3, 0.4) is 0 Å². The highest BCUT2D eigenvalue weighted by Gasteiger charge is 2.59. The third-order valence-electron chi connectivity index (χ3n) is 3.04. The fraction of sp³-hybridized carbons (Fsp3) is 0.250. The molecule has 0 spiro atoms. The third-order valence-corrected chi connectivity index (χ3v) is 7.95. The number of thioether (sulfide) groups is 2. The number of nitrogens with zero attached hydrogens (tertiary/aromatic N) is 3. The highest BCUT2D eigenvalue weighted by atomic mass is 36.6. The summed E-state index contributed by atoms with van der Waals surface area (Å²) in [6.45, 7) is 10.5. The Hall–Kier alpha value is 0.130. The summed E-state index contributed by atoms with van der Waals surface area (Å²) in [6, 6.07) is 3.49. The summed E-state index contributed by atoms with van der Waals surface area (Å²) in [5.41, 5.74) is -4.20. The number of pyridine rings is 1. The Bertz CT molecular complexity index is 884. The van der Waals surface area contributed by atoms with Gasteiger partial charge in [0.1, 0.15) is 11.5 Å². The maximum atomic E-state index is 12.6. The number of hydrogen-bond acceptors (Lipinski definition) is 4. The van der Waals surface area contributed by atoms with Crippen molar-refractivity contribution < 1.29 is 13.2 Å².